The van der Waals surface area contributed by atoms with Gasteiger partial charge >= 0.3 is 0 Å². The summed E-state index contributed by atoms with van der Waals surface area (Å²) in [4.78, 5) is 33.7. The average Bonchev–Trinajstić information content (AvgIpc) is 3.50. The molecule has 7 heteroatoms. The Bertz CT molecular complexity index is 2020. The lowest BCUT2D eigenvalue weighted by Gasteiger charge is -2.08. The van der Waals surface area contributed by atoms with Gasteiger partial charge in [-0.15, -0.1) is 0 Å². The molecule has 2 N–H and O–H groups in total. The van der Waals surface area contributed by atoms with E-state index in [1.54, 1.807) is 16.7 Å². The topological polar surface area (TPSA) is 88.5 Å². The molecule has 3 aromatic carbocycles. The summed E-state index contributed by atoms with van der Waals surface area (Å²) in [5.41, 5.74) is 4.57. The van der Waals surface area contributed by atoms with Gasteiger partial charge in [-0.25, -0.2) is 0 Å². The van der Waals surface area contributed by atoms with Crippen molar-refractivity contribution in [1.29, 1.82) is 0 Å². The van der Waals surface area contributed by atoms with Gasteiger partial charge in [-0.2, -0.15) is 0 Å². The highest BCUT2D eigenvalue weighted by atomic mass is 16.5. The second-order valence-corrected chi connectivity index (χ2v) is 9.17. The van der Waals surface area contributed by atoms with Crippen LogP contribution in [0.15, 0.2) is 90.0 Å². The molecule has 180 valence electrons. The molecule has 4 aromatic heterocycles. The Labute approximate surface area is 210 Å². The second-order valence-electron chi connectivity index (χ2n) is 9.17. The highest BCUT2D eigenvalue weighted by molar-refractivity contribution is 6.18. The first kappa shape index (κ1) is 21.4. The zero-order valence-electron chi connectivity index (χ0n) is 19.8. The van der Waals surface area contributed by atoms with E-state index in [1.165, 1.54) is 10.9 Å². The van der Waals surface area contributed by atoms with Gasteiger partial charge in [0.25, 0.3) is 11.5 Å². The average molecular weight is 487 g/mol. The van der Waals surface area contributed by atoms with Gasteiger partial charge < -0.3 is 15.0 Å². The van der Waals surface area contributed by atoms with Crippen molar-refractivity contribution >= 4 is 54.9 Å². The number of fused-ring (bicyclic) bond motifs is 6. The van der Waals surface area contributed by atoms with Crippen molar-refractivity contribution in [2.45, 2.75) is 6.42 Å². The van der Waals surface area contributed by atoms with Gasteiger partial charge in [0.15, 0.2) is 6.61 Å². The van der Waals surface area contributed by atoms with E-state index in [9.17, 15) is 9.59 Å². The van der Waals surface area contributed by atoms with Gasteiger partial charge in [0.1, 0.15) is 5.75 Å². The number of H-pyrrole nitrogens is 1. The number of carbonyl (C=O) groups excluding carboxylic acids is 1. The lowest BCUT2D eigenvalue weighted by Crippen LogP contribution is -2.30. The Morgan fingerprint density at radius 2 is 1.73 bits per heavy atom. The van der Waals surface area contributed by atoms with Crippen molar-refractivity contribution in [3.05, 3.63) is 101 Å². The molecular weight excluding hydrogens is 464 g/mol. The van der Waals surface area contributed by atoms with Crippen LogP contribution in [0.5, 0.6) is 5.75 Å². The molecule has 4 heterocycles. The third-order valence-electron chi connectivity index (χ3n) is 7.02. The van der Waals surface area contributed by atoms with Crippen LogP contribution >= 0.6 is 0 Å². The molecule has 0 aliphatic carbocycles. The molecule has 0 atom stereocenters. The summed E-state index contributed by atoms with van der Waals surface area (Å²) in [5.74, 6) is 0.387. The molecule has 0 aliphatic heterocycles. The number of carbonyl (C=O) groups is 1. The first-order chi connectivity index (χ1) is 18.2. The predicted octanol–water partition coefficient (Wildman–Crippen LogP) is 4.81. The molecule has 0 radical (unpaired) electrons. The van der Waals surface area contributed by atoms with Crippen LogP contribution in [0.4, 0.5) is 0 Å². The summed E-state index contributed by atoms with van der Waals surface area (Å²) in [7, 11) is 0. The molecule has 1 amide bonds. The summed E-state index contributed by atoms with van der Waals surface area (Å²) in [6.07, 6.45) is 4.48. The Hall–Kier alpha value is -4.91. The van der Waals surface area contributed by atoms with Crippen LogP contribution in [0, 0.1) is 0 Å². The first-order valence-corrected chi connectivity index (χ1v) is 12.2. The van der Waals surface area contributed by atoms with Crippen LogP contribution in [0.3, 0.4) is 0 Å². The number of amides is 1. The third kappa shape index (κ3) is 3.39. The van der Waals surface area contributed by atoms with Crippen LogP contribution in [0.2, 0.25) is 0 Å². The SMILES string of the molecule is O=C(COc1ccc2c(c1)c1ccnc3c4ccccc4c(=O)n2c13)NCCc1c[nH]c2ccccc12. The van der Waals surface area contributed by atoms with E-state index in [0.29, 0.717) is 17.7 Å². The lowest BCUT2D eigenvalue weighted by atomic mass is 10.1. The van der Waals surface area contributed by atoms with Crippen LogP contribution in [0.25, 0.3) is 49.0 Å². The van der Waals surface area contributed by atoms with Gasteiger partial charge in [0.2, 0.25) is 0 Å². The van der Waals surface area contributed by atoms with E-state index < -0.39 is 0 Å². The summed E-state index contributed by atoms with van der Waals surface area (Å²) in [6, 6.07) is 23.1. The van der Waals surface area contributed by atoms with E-state index >= 15 is 0 Å². The number of nitrogens with zero attached hydrogens (tertiary/aromatic N) is 2. The largest absolute Gasteiger partial charge is 0.484 e. The van der Waals surface area contributed by atoms with Gasteiger partial charge in [0, 0.05) is 51.4 Å². The van der Waals surface area contributed by atoms with E-state index in [4.69, 9.17) is 4.74 Å². The fraction of sp³-hybridized carbons (Fsp3) is 0.100. The Balaban J connectivity index is 1.13. The van der Waals surface area contributed by atoms with E-state index in [0.717, 1.165) is 44.6 Å². The number of hydrogen-bond donors (Lipinski definition) is 2. The van der Waals surface area contributed by atoms with Crippen LogP contribution in [-0.4, -0.2) is 33.4 Å². The molecule has 37 heavy (non-hydrogen) atoms. The minimum atomic E-state index is -0.183. The quantitative estimate of drug-likeness (QED) is 0.330. The molecule has 0 spiro atoms. The molecule has 0 aliphatic rings. The van der Waals surface area contributed by atoms with E-state index in [2.05, 4.69) is 21.4 Å². The first-order valence-electron chi connectivity index (χ1n) is 12.2. The monoisotopic (exact) mass is 486 g/mol. The fourth-order valence-corrected chi connectivity index (χ4v) is 5.31. The Morgan fingerprint density at radius 1 is 0.919 bits per heavy atom. The Morgan fingerprint density at radius 3 is 2.62 bits per heavy atom. The number of rotatable bonds is 6. The molecule has 0 saturated carbocycles. The summed E-state index contributed by atoms with van der Waals surface area (Å²) >= 11 is 0. The summed E-state index contributed by atoms with van der Waals surface area (Å²) < 4.78 is 7.56. The maximum absolute atomic E-state index is 13.4. The Kier molecular flexibility index (Phi) is 4.82. The fourth-order valence-electron chi connectivity index (χ4n) is 5.31. The normalized spacial score (nSPS) is 11.8. The molecule has 7 nitrogen and oxygen atoms in total. The van der Waals surface area contributed by atoms with Crippen molar-refractivity contribution < 1.29 is 9.53 Å². The third-order valence-corrected chi connectivity index (χ3v) is 7.02. The second kappa shape index (κ2) is 8.34. The molecule has 0 unspecified atom stereocenters. The number of benzene rings is 3. The maximum Gasteiger partial charge on any atom is 0.263 e. The molecule has 0 fully saturated rings. The minimum absolute atomic E-state index is 0.0700. The number of aromatic nitrogens is 3. The highest BCUT2D eigenvalue weighted by Crippen LogP contribution is 2.34. The highest BCUT2D eigenvalue weighted by Gasteiger charge is 2.18. The van der Waals surface area contributed by atoms with Crippen molar-refractivity contribution in [3.63, 3.8) is 0 Å². The van der Waals surface area contributed by atoms with Crippen molar-refractivity contribution in [1.82, 2.24) is 19.7 Å². The van der Waals surface area contributed by atoms with Gasteiger partial charge in [-0.05, 0) is 48.4 Å². The smallest absolute Gasteiger partial charge is 0.263 e. The van der Waals surface area contributed by atoms with Crippen LogP contribution in [-0.2, 0) is 11.2 Å². The molecule has 7 aromatic rings. The zero-order valence-corrected chi connectivity index (χ0v) is 19.8. The number of para-hydroxylation sites is 1. The van der Waals surface area contributed by atoms with Crippen molar-refractivity contribution in [2.75, 3.05) is 13.2 Å². The summed E-state index contributed by atoms with van der Waals surface area (Å²) in [6.45, 7) is 0.435. The van der Waals surface area contributed by atoms with Gasteiger partial charge in [-0.3, -0.25) is 19.0 Å². The lowest BCUT2D eigenvalue weighted by molar-refractivity contribution is -0.123. The number of nitrogens with one attached hydrogen (secondary N) is 2. The van der Waals surface area contributed by atoms with E-state index in [-0.39, 0.29) is 18.1 Å². The van der Waals surface area contributed by atoms with Gasteiger partial charge in [-0.1, -0.05) is 36.4 Å². The molecule has 0 bridgehead atoms. The minimum Gasteiger partial charge on any atom is -0.484 e. The number of ether oxygens (including phenoxy) is 1. The zero-order chi connectivity index (χ0) is 24.9. The summed E-state index contributed by atoms with van der Waals surface area (Å²) in [5, 5.41) is 7.39. The van der Waals surface area contributed by atoms with Crippen molar-refractivity contribution in [3.8, 4) is 5.75 Å². The standard InChI is InChI=1S/C30H22N4O3/c35-27(31-13-11-18-16-33-25-8-4-3-5-20(18)25)17-37-19-9-10-26-24(15-19)22-12-14-32-28-21-6-1-2-7-23(21)30(36)34(26)29(22)28/h1-10,12,14-16,33H,11,13,17H2,(H,31,35). The molecule has 7 rings (SSSR count). The van der Waals surface area contributed by atoms with Crippen LogP contribution in [0.1, 0.15) is 5.56 Å². The molecular formula is C30H22N4O3. The number of pyridine rings is 2. The maximum atomic E-state index is 13.4. The molecule has 0 saturated heterocycles. The predicted molar refractivity (Wildman–Crippen MR) is 146 cm³/mol. The van der Waals surface area contributed by atoms with E-state index in [1.807, 2.05) is 66.9 Å². The number of hydrogen-bond acceptors (Lipinski definition) is 4. The van der Waals surface area contributed by atoms with Crippen molar-refractivity contribution in [2.24, 2.45) is 0 Å². The number of aromatic amines is 1. The van der Waals surface area contributed by atoms with Gasteiger partial charge in [0.05, 0.1) is 16.6 Å². The van der Waals surface area contributed by atoms with Crippen LogP contribution < -0.4 is 15.6 Å².